The van der Waals surface area contributed by atoms with Crippen molar-refractivity contribution < 1.29 is 18.3 Å². The van der Waals surface area contributed by atoms with Crippen molar-refractivity contribution in [3.63, 3.8) is 0 Å². The van der Waals surface area contributed by atoms with Crippen LogP contribution < -0.4 is 15.8 Å². The second kappa shape index (κ2) is 9.03. The Morgan fingerprint density at radius 2 is 2.17 bits per heavy atom. The quantitative estimate of drug-likeness (QED) is 0.859. The van der Waals surface area contributed by atoms with Crippen molar-refractivity contribution in [1.29, 1.82) is 0 Å². The highest BCUT2D eigenvalue weighted by molar-refractivity contribution is 5.85. The van der Waals surface area contributed by atoms with Gasteiger partial charge in [-0.05, 0) is 32.3 Å². The van der Waals surface area contributed by atoms with Gasteiger partial charge < -0.3 is 15.8 Å². The van der Waals surface area contributed by atoms with E-state index in [4.69, 9.17) is 5.73 Å². The summed E-state index contributed by atoms with van der Waals surface area (Å²) < 4.78 is 29.3. The van der Waals surface area contributed by atoms with Gasteiger partial charge in [-0.25, -0.2) is 0 Å². The molecule has 1 aliphatic carbocycles. The van der Waals surface area contributed by atoms with E-state index in [1.807, 2.05) is 6.92 Å². The molecule has 7 heteroatoms. The fraction of sp³-hybridized carbons (Fsp3) is 0.562. The van der Waals surface area contributed by atoms with E-state index >= 15 is 0 Å². The minimum absolute atomic E-state index is 0. The number of alkyl halides is 2. The lowest BCUT2D eigenvalue weighted by Crippen LogP contribution is -2.37. The second-order valence-electron chi connectivity index (χ2n) is 5.83. The van der Waals surface area contributed by atoms with E-state index in [1.54, 1.807) is 12.1 Å². The maximum Gasteiger partial charge on any atom is 0.387 e. The summed E-state index contributed by atoms with van der Waals surface area (Å²) >= 11 is 0. The fourth-order valence-electron chi connectivity index (χ4n) is 2.85. The number of carbonyl (C=O) groups excluding carboxylic acids is 1. The molecule has 2 atom stereocenters. The lowest BCUT2D eigenvalue weighted by molar-refractivity contribution is -0.126. The highest BCUT2D eigenvalue weighted by Crippen LogP contribution is 2.25. The Balaban J connectivity index is 0.00000264. The number of ether oxygens (including phenoxy) is 1. The molecule has 0 aromatic heterocycles. The molecule has 0 heterocycles. The Kier molecular flexibility index (Phi) is 7.72. The third-order valence-electron chi connectivity index (χ3n) is 3.97. The molecule has 1 aromatic rings. The molecule has 4 nitrogen and oxygen atoms in total. The van der Waals surface area contributed by atoms with E-state index in [-0.39, 0.29) is 42.6 Å². The Morgan fingerprint density at radius 3 is 2.83 bits per heavy atom. The van der Waals surface area contributed by atoms with E-state index in [9.17, 15) is 13.6 Å². The van der Waals surface area contributed by atoms with Crippen molar-refractivity contribution in [2.45, 2.75) is 51.8 Å². The average Bonchev–Trinajstić information content (AvgIpc) is 2.46. The first-order valence-electron chi connectivity index (χ1n) is 7.53. The van der Waals surface area contributed by atoms with Crippen LogP contribution in [-0.2, 0) is 11.3 Å². The third-order valence-corrected chi connectivity index (χ3v) is 3.97. The van der Waals surface area contributed by atoms with Gasteiger partial charge >= 0.3 is 6.61 Å². The number of carbonyl (C=O) groups is 1. The van der Waals surface area contributed by atoms with Crippen molar-refractivity contribution >= 4 is 18.3 Å². The molecule has 0 saturated heterocycles. The van der Waals surface area contributed by atoms with Crippen LogP contribution in [0.4, 0.5) is 8.78 Å². The van der Waals surface area contributed by atoms with Crippen molar-refractivity contribution in [1.82, 2.24) is 5.32 Å². The van der Waals surface area contributed by atoms with Crippen LogP contribution in [0.1, 0.15) is 36.8 Å². The number of rotatable bonds is 5. The molecule has 0 radical (unpaired) electrons. The zero-order valence-corrected chi connectivity index (χ0v) is 13.9. The zero-order chi connectivity index (χ0) is 16.1. The normalized spacial score (nSPS) is 20.7. The summed E-state index contributed by atoms with van der Waals surface area (Å²) in [6, 6.07) is 5.01. The molecule has 0 spiro atoms. The molecular formula is C16H23ClF2N2O2. The highest BCUT2D eigenvalue weighted by atomic mass is 35.5. The van der Waals surface area contributed by atoms with Crippen LogP contribution in [-0.4, -0.2) is 18.6 Å². The lowest BCUT2D eigenvalue weighted by atomic mass is 9.85. The molecule has 3 N–H and O–H groups in total. The van der Waals surface area contributed by atoms with E-state index in [2.05, 4.69) is 10.1 Å². The van der Waals surface area contributed by atoms with Crippen molar-refractivity contribution in [2.24, 2.45) is 11.7 Å². The van der Waals surface area contributed by atoms with Crippen LogP contribution in [0.5, 0.6) is 5.75 Å². The maximum absolute atomic E-state index is 12.4. The molecule has 2 rings (SSSR count). The van der Waals surface area contributed by atoms with Gasteiger partial charge in [0.1, 0.15) is 5.75 Å². The largest absolute Gasteiger partial charge is 0.434 e. The SMILES string of the molecule is Cc1ccc(OC(F)F)c(CNC(=O)C2CCCC(N)C2)c1.Cl. The lowest BCUT2D eigenvalue weighted by Gasteiger charge is -2.25. The molecule has 1 saturated carbocycles. The number of amides is 1. The van der Waals surface area contributed by atoms with Crippen LogP contribution in [0, 0.1) is 12.8 Å². The predicted molar refractivity (Wildman–Crippen MR) is 86.8 cm³/mol. The first kappa shape index (κ1) is 19.6. The Morgan fingerprint density at radius 1 is 1.43 bits per heavy atom. The Hall–Kier alpha value is -1.40. The minimum atomic E-state index is -2.88. The summed E-state index contributed by atoms with van der Waals surface area (Å²) in [5.41, 5.74) is 7.36. The van der Waals surface area contributed by atoms with Crippen LogP contribution in [0.3, 0.4) is 0 Å². The molecule has 23 heavy (non-hydrogen) atoms. The third kappa shape index (κ3) is 5.95. The van der Waals surface area contributed by atoms with E-state index < -0.39 is 6.61 Å². The minimum Gasteiger partial charge on any atom is -0.434 e. The first-order valence-corrected chi connectivity index (χ1v) is 7.53. The molecule has 2 unspecified atom stereocenters. The topological polar surface area (TPSA) is 64.3 Å². The molecule has 1 amide bonds. The highest BCUT2D eigenvalue weighted by Gasteiger charge is 2.25. The Labute approximate surface area is 141 Å². The summed E-state index contributed by atoms with van der Waals surface area (Å²) in [4.78, 5) is 12.2. The molecule has 0 aliphatic heterocycles. The number of halogens is 3. The molecular weight excluding hydrogens is 326 g/mol. The summed E-state index contributed by atoms with van der Waals surface area (Å²) in [6.45, 7) is -0.847. The monoisotopic (exact) mass is 348 g/mol. The van der Waals surface area contributed by atoms with Crippen LogP contribution >= 0.6 is 12.4 Å². The zero-order valence-electron chi connectivity index (χ0n) is 13.1. The van der Waals surface area contributed by atoms with Crippen LogP contribution in [0.2, 0.25) is 0 Å². The molecule has 0 bridgehead atoms. The number of hydrogen-bond acceptors (Lipinski definition) is 3. The molecule has 1 aliphatic rings. The summed E-state index contributed by atoms with van der Waals surface area (Å²) in [5.74, 6) is -0.0612. The molecule has 1 fully saturated rings. The number of hydrogen-bond donors (Lipinski definition) is 2. The van der Waals surface area contributed by atoms with Gasteiger partial charge in [0.15, 0.2) is 0 Å². The van der Waals surface area contributed by atoms with Crippen molar-refractivity contribution in [3.05, 3.63) is 29.3 Å². The van der Waals surface area contributed by atoms with Gasteiger partial charge in [-0.15, -0.1) is 12.4 Å². The number of nitrogens with one attached hydrogen (secondary N) is 1. The summed E-state index contributed by atoms with van der Waals surface area (Å²) in [5, 5.41) is 2.81. The van der Waals surface area contributed by atoms with Gasteiger partial charge in [0, 0.05) is 24.1 Å². The van der Waals surface area contributed by atoms with Crippen LogP contribution in [0.15, 0.2) is 18.2 Å². The van der Waals surface area contributed by atoms with Gasteiger partial charge in [-0.2, -0.15) is 8.78 Å². The molecule has 1 aromatic carbocycles. The summed E-state index contributed by atoms with van der Waals surface area (Å²) in [6.07, 6.45) is 3.41. The second-order valence-corrected chi connectivity index (χ2v) is 5.83. The average molecular weight is 349 g/mol. The van der Waals surface area contributed by atoms with Gasteiger partial charge in [-0.1, -0.05) is 24.1 Å². The number of nitrogens with two attached hydrogens (primary N) is 1. The summed E-state index contributed by atoms with van der Waals surface area (Å²) in [7, 11) is 0. The van der Waals surface area contributed by atoms with Gasteiger partial charge in [0.25, 0.3) is 0 Å². The molecule has 130 valence electrons. The standard InChI is InChI=1S/C16H22F2N2O2.ClH/c1-10-5-6-14(22-16(17)18)12(7-10)9-20-15(21)11-3-2-4-13(19)8-11;/h5-7,11,13,16H,2-4,8-9,19H2,1H3,(H,20,21);1H. The Bertz CT molecular complexity index is 529. The van der Waals surface area contributed by atoms with Gasteiger partial charge in [0.05, 0.1) is 0 Å². The number of aryl methyl sites for hydroxylation is 1. The maximum atomic E-state index is 12.4. The number of benzene rings is 1. The fourth-order valence-corrected chi connectivity index (χ4v) is 2.85. The van der Waals surface area contributed by atoms with E-state index in [0.29, 0.717) is 12.0 Å². The van der Waals surface area contributed by atoms with E-state index in [1.165, 1.54) is 6.07 Å². The smallest absolute Gasteiger partial charge is 0.387 e. The van der Waals surface area contributed by atoms with Gasteiger partial charge in [0.2, 0.25) is 5.91 Å². The first-order chi connectivity index (χ1) is 10.5. The van der Waals surface area contributed by atoms with Gasteiger partial charge in [-0.3, -0.25) is 4.79 Å². The van der Waals surface area contributed by atoms with Crippen molar-refractivity contribution in [2.75, 3.05) is 0 Å². The van der Waals surface area contributed by atoms with E-state index in [0.717, 1.165) is 24.8 Å². The predicted octanol–water partition coefficient (Wildman–Crippen LogP) is 3.15. The van der Waals surface area contributed by atoms with Crippen LogP contribution in [0.25, 0.3) is 0 Å². The van der Waals surface area contributed by atoms with Crippen molar-refractivity contribution in [3.8, 4) is 5.75 Å².